The standard InChI is InChI=1S/C11H16N2O2/c1-8-10(12)4-9(5-13-8)2-3-11(14)6-15-7-11/h4-5,14H,2-3,6-7,12H2,1H3. The normalized spacial score (nSPS) is 18.5. The number of rotatable bonds is 3. The number of aryl methyl sites for hydroxylation is 2. The summed E-state index contributed by atoms with van der Waals surface area (Å²) in [6.07, 6.45) is 3.31. The van der Waals surface area contributed by atoms with Gasteiger partial charge in [0.15, 0.2) is 0 Å². The first-order valence-corrected chi connectivity index (χ1v) is 5.10. The second-order valence-corrected chi connectivity index (χ2v) is 4.24. The first-order chi connectivity index (χ1) is 7.09. The van der Waals surface area contributed by atoms with Crippen LogP contribution in [0.25, 0.3) is 0 Å². The Morgan fingerprint density at radius 3 is 2.87 bits per heavy atom. The van der Waals surface area contributed by atoms with E-state index < -0.39 is 5.60 Å². The Morgan fingerprint density at radius 2 is 2.33 bits per heavy atom. The summed E-state index contributed by atoms with van der Waals surface area (Å²) in [5.74, 6) is 0. The molecule has 0 radical (unpaired) electrons. The summed E-state index contributed by atoms with van der Waals surface area (Å²) in [6, 6.07) is 1.92. The number of nitrogens with two attached hydrogens (primary N) is 1. The van der Waals surface area contributed by atoms with Crippen LogP contribution in [0.2, 0.25) is 0 Å². The Balaban J connectivity index is 1.96. The smallest absolute Gasteiger partial charge is 0.111 e. The van der Waals surface area contributed by atoms with Gasteiger partial charge in [0.05, 0.1) is 24.6 Å². The minimum atomic E-state index is -0.625. The molecule has 0 atom stereocenters. The molecule has 4 nitrogen and oxygen atoms in total. The first-order valence-electron chi connectivity index (χ1n) is 5.10. The Hall–Kier alpha value is -1.13. The van der Waals surface area contributed by atoms with Gasteiger partial charge in [0, 0.05) is 6.20 Å². The maximum Gasteiger partial charge on any atom is 0.111 e. The predicted molar refractivity (Wildman–Crippen MR) is 57.5 cm³/mol. The summed E-state index contributed by atoms with van der Waals surface area (Å²) in [6.45, 7) is 2.77. The van der Waals surface area contributed by atoms with Crippen LogP contribution in [-0.4, -0.2) is 28.9 Å². The number of hydrogen-bond acceptors (Lipinski definition) is 4. The average Bonchev–Trinajstić information content (AvgIpc) is 2.17. The van der Waals surface area contributed by atoms with E-state index in [0.717, 1.165) is 17.7 Å². The Morgan fingerprint density at radius 1 is 1.60 bits per heavy atom. The van der Waals surface area contributed by atoms with Crippen molar-refractivity contribution >= 4 is 5.69 Å². The lowest BCUT2D eigenvalue weighted by Gasteiger charge is -2.36. The van der Waals surface area contributed by atoms with Crippen LogP contribution in [0.4, 0.5) is 5.69 Å². The van der Waals surface area contributed by atoms with Crippen LogP contribution in [-0.2, 0) is 11.2 Å². The SMILES string of the molecule is Cc1ncc(CCC2(O)COC2)cc1N. The van der Waals surface area contributed by atoms with Gasteiger partial charge in [-0.2, -0.15) is 0 Å². The van der Waals surface area contributed by atoms with Gasteiger partial charge < -0.3 is 15.6 Å². The Labute approximate surface area is 89.1 Å². The van der Waals surface area contributed by atoms with Crippen molar-refractivity contribution < 1.29 is 9.84 Å². The van der Waals surface area contributed by atoms with Gasteiger partial charge in [-0.15, -0.1) is 0 Å². The molecule has 1 aliphatic heterocycles. The van der Waals surface area contributed by atoms with Gasteiger partial charge in [0.2, 0.25) is 0 Å². The van der Waals surface area contributed by atoms with E-state index >= 15 is 0 Å². The van der Waals surface area contributed by atoms with Gasteiger partial charge in [0.1, 0.15) is 5.60 Å². The number of aliphatic hydroxyl groups is 1. The van der Waals surface area contributed by atoms with Crippen molar-refractivity contribution in [1.29, 1.82) is 0 Å². The van der Waals surface area contributed by atoms with Gasteiger partial charge in [-0.1, -0.05) is 0 Å². The summed E-state index contributed by atoms with van der Waals surface area (Å²) in [4.78, 5) is 4.19. The zero-order valence-electron chi connectivity index (χ0n) is 8.86. The van der Waals surface area contributed by atoms with Crippen LogP contribution in [0.5, 0.6) is 0 Å². The molecule has 0 unspecified atom stereocenters. The lowest BCUT2D eigenvalue weighted by atomic mass is 9.94. The fraction of sp³-hybridized carbons (Fsp3) is 0.545. The number of pyridine rings is 1. The average molecular weight is 208 g/mol. The molecule has 0 aliphatic carbocycles. The molecule has 0 saturated carbocycles. The van der Waals surface area contributed by atoms with Gasteiger partial charge in [-0.05, 0) is 31.4 Å². The molecule has 1 saturated heterocycles. The summed E-state index contributed by atoms with van der Waals surface area (Å²) in [5, 5.41) is 9.82. The van der Waals surface area contributed by atoms with Crippen LogP contribution >= 0.6 is 0 Å². The van der Waals surface area contributed by atoms with Crippen LogP contribution in [0.1, 0.15) is 17.7 Å². The summed E-state index contributed by atoms with van der Waals surface area (Å²) < 4.78 is 4.98. The van der Waals surface area contributed by atoms with Gasteiger partial charge in [-0.25, -0.2) is 0 Å². The Bertz CT molecular complexity index is 362. The minimum absolute atomic E-state index is 0.446. The fourth-order valence-corrected chi connectivity index (χ4v) is 1.59. The van der Waals surface area contributed by atoms with E-state index in [4.69, 9.17) is 10.5 Å². The second kappa shape index (κ2) is 3.79. The number of hydrogen-bond donors (Lipinski definition) is 2. The molecule has 2 heterocycles. The van der Waals surface area contributed by atoms with Crippen molar-refractivity contribution in [3.63, 3.8) is 0 Å². The van der Waals surface area contributed by atoms with Gasteiger partial charge >= 0.3 is 0 Å². The van der Waals surface area contributed by atoms with E-state index in [2.05, 4.69) is 4.98 Å². The van der Waals surface area contributed by atoms with Gasteiger partial charge in [-0.3, -0.25) is 4.98 Å². The van der Waals surface area contributed by atoms with E-state index in [1.54, 1.807) is 0 Å². The highest BCUT2D eigenvalue weighted by molar-refractivity contribution is 5.43. The molecule has 1 aromatic heterocycles. The summed E-state index contributed by atoms with van der Waals surface area (Å²) >= 11 is 0. The predicted octanol–water partition coefficient (Wildman–Crippen LogP) is 0.666. The van der Waals surface area contributed by atoms with Crippen molar-refractivity contribution in [3.05, 3.63) is 23.5 Å². The zero-order valence-corrected chi connectivity index (χ0v) is 8.86. The second-order valence-electron chi connectivity index (χ2n) is 4.24. The maximum absolute atomic E-state index is 9.82. The lowest BCUT2D eigenvalue weighted by Crippen LogP contribution is -2.49. The zero-order chi connectivity index (χ0) is 10.9. The molecule has 1 aromatic rings. The van der Waals surface area contributed by atoms with Crippen molar-refractivity contribution in [1.82, 2.24) is 4.98 Å². The van der Waals surface area contributed by atoms with Crippen LogP contribution < -0.4 is 5.73 Å². The third-order valence-electron chi connectivity index (χ3n) is 2.80. The quantitative estimate of drug-likeness (QED) is 0.766. The van der Waals surface area contributed by atoms with Crippen molar-refractivity contribution in [2.24, 2.45) is 0 Å². The molecule has 0 amide bonds. The van der Waals surface area contributed by atoms with Crippen molar-refractivity contribution in [2.75, 3.05) is 18.9 Å². The van der Waals surface area contributed by atoms with Crippen molar-refractivity contribution in [2.45, 2.75) is 25.4 Å². The summed E-state index contributed by atoms with van der Waals surface area (Å²) in [7, 11) is 0. The number of nitrogens with zero attached hydrogens (tertiary/aromatic N) is 1. The fourth-order valence-electron chi connectivity index (χ4n) is 1.59. The molecular formula is C11H16N2O2. The summed E-state index contributed by atoms with van der Waals surface area (Å²) in [5.41, 5.74) is 7.76. The highest BCUT2D eigenvalue weighted by Gasteiger charge is 2.35. The van der Waals surface area contributed by atoms with E-state index in [1.807, 2.05) is 19.2 Å². The Kier molecular flexibility index (Phi) is 2.63. The highest BCUT2D eigenvalue weighted by atomic mass is 16.5. The van der Waals surface area contributed by atoms with Crippen molar-refractivity contribution in [3.8, 4) is 0 Å². The number of ether oxygens (including phenoxy) is 1. The monoisotopic (exact) mass is 208 g/mol. The lowest BCUT2D eigenvalue weighted by molar-refractivity contribution is -0.180. The van der Waals surface area contributed by atoms with Crippen LogP contribution in [0.15, 0.2) is 12.3 Å². The van der Waals surface area contributed by atoms with Gasteiger partial charge in [0.25, 0.3) is 0 Å². The molecule has 1 fully saturated rings. The molecule has 4 heteroatoms. The van der Waals surface area contributed by atoms with Crippen LogP contribution in [0, 0.1) is 6.92 Å². The molecule has 3 N–H and O–H groups in total. The van der Waals surface area contributed by atoms with E-state index in [9.17, 15) is 5.11 Å². The number of nitrogen functional groups attached to an aromatic ring is 1. The third-order valence-corrected chi connectivity index (χ3v) is 2.80. The highest BCUT2D eigenvalue weighted by Crippen LogP contribution is 2.23. The molecule has 82 valence electrons. The van der Waals surface area contributed by atoms with E-state index in [0.29, 0.717) is 25.3 Å². The molecule has 0 spiro atoms. The van der Waals surface area contributed by atoms with Crippen LogP contribution in [0.3, 0.4) is 0 Å². The first kappa shape index (κ1) is 10.4. The molecule has 2 rings (SSSR count). The maximum atomic E-state index is 9.82. The van der Waals surface area contributed by atoms with E-state index in [1.165, 1.54) is 0 Å². The largest absolute Gasteiger partial charge is 0.397 e. The molecular weight excluding hydrogens is 192 g/mol. The minimum Gasteiger partial charge on any atom is -0.397 e. The molecule has 0 bridgehead atoms. The molecule has 0 aromatic carbocycles. The third kappa shape index (κ3) is 2.27. The van der Waals surface area contributed by atoms with E-state index in [-0.39, 0.29) is 0 Å². The number of anilines is 1. The molecule has 15 heavy (non-hydrogen) atoms. The topological polar surface area (TPSA) is 68.4 Å². The number of aromatic nitrogens is 1. The molecule has 1 aliphatic rings.